The lowest BCUT2D eigenvalue weighted by Gasteiger charge is -2.17. The summed E-state index contributed by atoms with van der Waals surface area (Å²) in [7, 11) is 0. The largest absolute Gasteiger partial charge is 0.380 e. The van der Waals surface area contributed by atoms with Crippen LogP contribution in [0.3, 0.4) is 0 Å². The molecular formula is C28H23Cl2N9O2. The number of nitrogen functional groups attached to an aromatic ring is 1. The molecule has 13 heteroatoms. The van der Waals surface area contributed by atoms with Crippen molar-refractivity contribution in [1.82, 2.24) is 40.6 Å². The third-order valence-electron chi connectivity index (χ3n) is 6.66. The third-order valence-corrected chi connectivity index (χ3v) is 7.17. The highest BCUT2D eigenvalue weighted by Crippen LogP contribution is 2.32. The normalized spacial score (nSPS) is 12.0. The summed E-state index contributed by atoms with van der Waals surface area (Å²) >= 11 is 12.9. The SMILES string of the molecule is Nc1noc2cc(-c3nc([C@H](Cc4ccccc4)NC(=O)CCc4cc(Cl)ccc4-n4cnnn4)[nH]c3Cl)ccc12. The van der Waals surface area contributed by atoms with E-state index in [1.54, 1.807) is 16.8 Å². The third kappa shape index (κ3) is 5.76. The summed E-state index contributed by atoms with van der Waals surface area (Å²) in [6, 6.07) is 20.2. The van der Waals surface area contributed by atoms with Crippen molar-refractivity contribution >= 4 is 45.9 Å². The van der Waals surface area contributed by atoms with Crippen LogP contribution >= 0.6 is 23.2 Å². The fourth-order valence-corrected chi connectivity index (χ4v) is 5.10. The first-order chi connectivity index (χ1) is 19.9. The molecule has 0 saturated heterocycles. The monoisotopic (exact) mass is 587 g/mol. The zero-order chi connectivity index (χ0) is 28.3. The number of halogens is 2. The Morgan fingerprint density at radius 3 is 2.76 bits per heavy atom. The van der Waals surface area contributed by atoms with Crippen molar-refractivity contribution < 1.29 is 9.32 Å². The Kier molecular flexibility index (Phi) is 7.36. The molecular weight excluding hydrogens is 565 g/mol. The van der Waals surface area contributed by atoms with Gasteiger partial charge in [0, 0.05) is 17.0 Å². The molecule has 0 aliphatic heterocycles. The molecule has 11 nitrogen and oxygen atoms in total. The maximum Gasteiger partial charge on any atom is 0.220 e. The van der Waals surface area contributed by atoms with Crippen molar-refractivity contribution in [2.45, 2.75) is 25.3 Å². The minimum absolute atomic E-state index is 0.166. The second kappa shape index (κ2) is 11.4. The van der Waals surface area contributed by atoms with Crippen LogP contribution in [0.1, 0.15) is 29.4 Å². The molecule has 41 heavy (non-hydrogen) atoms. The van der Waals surface area contributed by atoms with Crippen molar-refractivity contribution in [3.8, 4) is 16.9 Å². The molecule has 206 valence electrons. The van der Waals surface area contributed by atoms with Gasteiger partial charge >= 0.3 is 0 Å². The van der Waals surface area contributed by atoms with Gasteiger partial charge in [0.25, 0.3) is 0 Å². The van der Waals surface area contributed by atoms with E-state index in [0.29, 0.717) is 51.3 Å². The van der Waals surface area contributed by atoms with Crippen LogP contribution in [0.4, 0.5) is 5.82 Å². The van der Waals surface area contributed by atoms with E-state index in [9.17, 15) is 4.79 Å². The zero-order valence-corrected chi connectivity index (χ0v) is 23.0. The number of H-pyrrole nitrogens is 1. The highest BCUT2D eigenvalue weighted by atomic mass is 35.5. The van der Waals surface area contributed by atoms with Gasteiger partial charge in [-0.1, -0.05) is 64.8 Å². The van der Waals surface area contributed by atoms with Gasteiger partial charge in [0.05, 0.1) is 17.1 Å². The Labute approximate surface area is 243 Å². The molecule has 0 unspecified atom stereocenters. The Bertz CT molecular complexity index is 1820. The van der Waals surface area contributed by atoms with Crippen LogP contribution in [0, 0.1) is 0 Å². The molecule has 0 aliphatic rings. The summed E-state index contributed by atoms with van der Waals surface area (Å²) in [6.07, 6.45) is 2.62. The molecule has 4 N–H and O–H groups in total. The first-order valence-corrected chi connectivity index (χ1v) is 13.5. The standard InChI is InChI=1S/C28H23Cl2N9O2/c29-19-8-10-22(39-15-32-37-38-39)17(13-19)7-11-24(40)33-21(12-16-4-2-1-3-5-16)28-34-25(26(30)35-28)18-6-9-20-23(14-18)41-36-27(20)31/h1-6,8-10,13-15,21H,7,11-12H2,(H2,31,36)(H,33,40)(H,34,35)/t21-/m0/s1. The number of tetrazole rings is 1. The van der Waals surface area contributed by atoms with Crippen LogP contribution in [0.5, 0.6) is 0 Å². The van der Waals surface area contributed by atoms with E-state index in [-0.39, 0.29) is 12.3 Å². The number of nitrogens with zero attached hydrogens (tertiary/aromatic N) is 6. The fraction of sp³-hybridized carbons (Fsp3) is 0.143. The van der Waals surface area contributed by atoms with Crippen molar-refractivity contribution in [2.24, 2.45) is 0 Å². The topological polar surface area (TPSA) is 153 Å². The van der Waals surface area contributed by atoms with Crippen molar-refractivity contribution in [2.75, 3.05) is 5.73 Å². The molecule has 1 amide bonds. The number of carbonyl (C=O) groups excluding carboxylic acids is 1. The molecule has 0 aliphatic carbocycles. The molecule has 0 fully saturated rings. The van der Waals surface area contributed by atoms with E-state index in [2.05, 4.69) is 31.0 Å². The summed E-state index contributed by atoms with van der Waals surface area (Å²) < 4.78 is 6.85. The number of anilines is 1. The van der Waals surface area contributed by atoms with Gasteiger partial charge in [-0.15, -0.1) is 5.10 Å². The predicted octanol–water partition coefficient (Wildman–Crippen LogP) is 5.12. The molecule has 0 spiro atoms. The number of benzene rings is 3. The summed E-state index contributed by atoms with van der Waals surface area (Å²) in [4.78, 5) is 21.2. The van der Waals surface area contributed by atoms with E-state index >= 15 is 0 Å². The lowest BCUT2D eigenvalue weighted by molar-refractivity contribution is -0.121. The van der Waals surface area contributed by atoms with Gasteiger partial charge in [0.1, 0.15) is 23.0 Å². The van der Waals surface area contributed by atoms with Crippen molar-refractivity contribution in [3.05, 3.63) is 100 Å². The number of aromatic nitrogens is 7. The number of aryl methyl sites for hydroxylation is 1. The van der Waals surface area contributed by atoms with Crippen molar-refractivity contribution in [3.63, 3.8) is 0 Å². The van der Waals surface area contributed by atoms with Crippen molar-refractivity contribution in [1.29, 1.82) is 0 Å². The van der Waals surface area contributed by atoms with Crippen LogP contribution in [0.25, 0.3) is 27.9 Å². The Balaban J connectivity index is 1.24. The van der Waals surface area contributed by atoms with Crippen LogP contribution in [0.15, 0.2) is 77.6 Å². The van der Waals surface area contributed by atoms with Gasteiger partial charge in [-0.25, -0.2) is 9.67 Å². The molecule has 0 saturated carbocycles. The molecule has 6 aromatic rings. The molecule has 3 aromatic heterocycles. The molecule has 3 aromatic carbocycles. The Hall–Kier alpha value is -4.74. The highest BCUT2D eigenvalue weighted by molar-refractivity contribution is 6.32. The van der Waals surface area contributed by atoms with E-state index in [1.165, 1.54) is 6.33 Å². The maximum absolute atomic E-state index is 13.3. The van der Waals surface area contributed by atoms with Gasteiger partial charge in [-0.2, -0.15) is 0 Å². The van der Waals surface area contributed by atoms with Gasteiger partial charge in [0.15, 0.2) is 11.4 Å². The second-order valence-corrected chi connectivity index (χ2v) is 10.2. The quantitative estimate of drug-likeness (QED) is 0.211. The van der Waals surface area contributed by atoms with E-state index in [0.717, 1.165) is 22.4 Å². The lowest BCUT2D eigenvalue weighted by Crippen LogP contribution is -2.31. The number of hydrogen-bond acceptors (Lipinski definition) is 8. The fourth-order valence-electron chi connectivity index (χ4n) is 4.66. The Morgan fingerprint density at radius 2 is 1.95 bits per heavy atom. The highest BCUT2D eigenvalue weighted by Gasteiger charge is 2.22. The molecule has 3 heterocycles. The van der Waals surface area contributed by atoms with E-state index in [4.69, 9.17) is 38.4 Å². The summed E-state index contributed by atoms with van der Waals surface area (Å²) in [5, 5.41) is 19.9. The number of rotatable bonds is 9. The average Bonchev–Trinajstić information content (AvgIpc) is 3.73. The van der Waals surface area contributed by atoms with Gasteiger partial charge in [-0.3, -0.25) is 4.79 Å². The van der Waals surface area contributed by atoms with Crippen LogP contribution in [-0.4, -0.2) is 41.2 Å². The molecule has 0 bridgehead atoms. The maximum atomic E-state index is 13.3. The van der Waals surface area contributed by atoms with Gasteiger partial charge in [-0.05, 0) is 64.7 Å². The van der Waals surface area contributed by atoms with Crippen LogP contribution in [0.2, 0.25) is 10.2 Å². The number of aromatic amines is 1. The molecule has 0 radical (unpaired) electrons. The van der Waals surface area contributed by atoms with Crippen LogP contribution in [-0.2, 0) is 17.6 Å². The van der Waals surface area contributed by atoms with Gasteiger partial charge < -0.3 is 20.6 Å². The number of nitrogens with two attached hydrogens (primary N) is 1. The Morgan fingerprint density at radius 1 is 1.10 bits per heavy atom. The number of nitrogens with one attached hydrogen (secondary N) is 2. The van der Waals surface area contributed by atoms with Crippen LogP contribution < -0.4 is 11.1 Å². The number of hydrogen-bond donors (Lipinski definition) is 3. The predicted molar refractivity (Wildman–Crippen MR) is 155 cm³/mol. The zero-order valence-electron chi connectivity index (χ0n) is 21.5. The number of amides is 1. The van der Waals surface area contributed by atoms with E-state index in [1.807, 2.05) is 54.6 Å². The first-order valence-electron chi connectivity index (χ1n) is 12.7. The lowest BCUT2D eigenvalue weighted by atomic mass is 10.0. The average molecular weight is 588 g/mol. The first kappa shape index (κ1) is 26.5. The number of carbonyl (C=O) groups is 1. The second-order valence-electron chi connectivity index (χ2n) is 9.40. The van der Waals surface area contributed by atoms with E-state index < -0.39 is 6.04 Å². The molecule has 1 atom stereocenters. The summed E-state index contributed by atoms with van der Waals surface area (Å²) in [5.74, 6) is 0.673. The minimum atomic E-state index is -0.473. The number of imidazole rings is 1. The summed E-state index contributed by atoms with van der Waals surface area (Å²) in [5.41, 5.74) is 10.2. The number of fused-ring (bicyclic) bond motifs is 1. The molecule has 6 rings (SSSR count). The smallest absolute Gasteiger partial charge is 0.220 e. The summed E-state index contributed by atoms with van der Waals surface area (Å²) in [6.45, 7) is 0. The van der Waals surface area contributed by atoms with Gasteiger partial charge in [0.2, 0.25) is 5.91 Å². The minimum Gasteiger partial charge on any atom is -0.380 e.